The number of likely N-dealkylation sites (N-methyl/N-ethyl adjacent to an activating group) is 1. The lowest BCUT2D eigenvalue weighted by Crippen LogP contribution is -2.46. The van der Waals surface area contributed by atoms with E-state index >= 15 is 0 Å². The first-order valence-electron chi connectivity index (χ1n) is 8.30. The molecular formula is C18H25N5. The van der Waals surface area contributed by atoms with E-state index in [9.17, 15) is 0 Å². The minimum absolute atomic E-state index is 0.829. The predicted molar refractivity (Wildman–Crippen MR) is 95.6 cm³/mol. The van der Waals surface area contributed by atoms with Gasteiger partial charge in [0, 0.05) is 43.6 Å². The van der Waals surface area contributed by atoms with E-state index in [0.717, 1.165) is 55.9 Å². The largest absolute Gasteiger partial charge is 0.340 e. The van der Waals surface area contributed by atoms with E-state index < -0.39 is 0 Å². The molecule has 5 heteroatoms. The van der Waals surface area contributed by atoms with E-state index in [1.807, 2.05) is 13.0 Å². The molecule has 1 aromatic heterocycles. The molecule has 0 bridgehead atoms. The van der Waals surface area contributed by atoms with E-state index in [1.165, 1.54) is 5.56 Å². The number of aryl methyl sites for hydroxylation is 2. The minimum Gasteiger partial charge on any atom is -0.340 e. The summed E-state index contributed by atoms with van der Waals surface area (Å²) in [5, 5.41) is 3.38. The molecular weight excluding hydrogens is 286 g/mol. The lowest BCUT2D eigenvalue weighted by atomic mass is 10.2. The first kappa shape index (κ1) is 15.7. The molecule has 122 valence electrons. The van der Waals surface area contributed by atoms with Gasteiger partial charge < -0.3 is 15.1 Å². The van der Waals surface area contributed by atoms with Crippen molar-refractivity contribution in [1.29, 1.82) is 0 Å². The van der Waals surface area contributed by atoms with Gasteiger partial charge in [-0.15, -0.1) is 0 Å². The maximum Gasteiger partial charge on any atom is 0.227 e. The molecule has 0 radical (unpaired) electrons. The minimum atomic E-state index is 0.829. The average Bonchev–Trinajstić information content (AvgIpc) is 2.56. The second-order valence-corrected chi connectivity index (χ2v) is 6.11. The lowest BCUT2D eigenvalue weighted by Gasteiger charge is -2.34. The number of benzene rings is 1. The Morgan fingerprint density at radius 2 is 1.70 bits per heavy atom. The Morgan fingerprint density at radius 1 is 1.00 bits per heavy atom. The van der Waals surface area contributed by atoms with Crippen molar-refractivity contribution in [2.24, 2.45) is 0 Å². The highest BCUT2D eigenvalue weighted by Gasteiger charge is 2.18. The van der Waals surface area contributed by atoms with Crippen LogP contribution in [-0.4, -0.2) is 47.6 Å². The second-order valence-electron chi connectivity index (χ2n) is 6.11. The molecule has 1 aromatic carbocycles. The van der Waals surface area contributed by atoms with Gasteiger partial charge in [-0.05, 0) is 32.5 Å². The second kappa shape index (κ2) is 6.96. The van der Waals surface area contributed by atoms with Gasteiger partial charge in [0.2, 0.25) is 5.95 Å². The molecule has 0 spiro atoms. The summed E-state index contributed by atoms with van der Waals surface area (Å²) in [5.41, 5.74) is 3.29. The summed E-state index contributed by atoms with van der Waals surface area (Å²) in [6.07, 6.45) is 0. The van der Waals surface area contributed by atoms with Crippen LogP contribution in [0.4, 0.5) is 17.5 Å². The molecule has 2 heterocycles. The van der Waals surface area contributed by atoms with Gasteiger partial charge in [-0.2, -0.15) is 4.98 Å². The van der Waals surface area contributed by atoms with Crippen molar-refractivity contribution in [3.05, 3.63) is 41.6 Å². The third-order valence-corrected chi connectivity index (χ3v) is 4.27. The van der Waals surface area contributed by atoms with Gasteiger partial charge in [0.05, 0.1) is 0 Å². The number of hydrogen-bond donors (Lipinski definition) is 1. The number of hydrogen-bond acceptors (Lipinski definition) is 5. The van der Waals surface area contributed by atoms with Crippen LogP contribution in [-0.2, 0) is 0 Å². The number of rotatable bonds is 4. The normalized spacial score (nSPS) is 15.7. The number of piperazine rings is 1. The molecule has 1 N–H and O–H groups in total. The third kappa shape index (κ3) is 3.99. The molecule has 0 aliphatic carbocycles. The Morgan fingerprint density at radius 3 is 2.35 bits per heavy atom. The molecule has 23 heavy (non-hydrogen) atoms. The fourth-order valence-corrected chi connectivity index (χ4v) is 2.81. The van der Waals surface area contributed by atoms with Crippen molar-refractivity contribution >= 4 is 17.5 Å². The summed E-state index contributed by atoms with van der Waals surface area (Å²) in [6, 6.07) is 10.3. The summed E-state index contributed by atoms with van der Waals surface area (Å²) < 4.78 is 0. The van der Waals surface area contributed by atoms with Crippen LogP contribution in [0.2, 0.25) is 0 Å². The standard InChI is InChI=1S/C18H25N5/c1-4-22-9-11-23(12-10-22)18-19-15(3)13-17(21-18)20-16-7-5-14(2)6-8-16/h5-8,13H,4,9-12H2,1-3H3,(H,19,20,21). The molecule has 2 aromatic rings. The molecule has 1 fully saturated rings. The maximum absolute atomic E-state index is 4.71. The zero-order valence-electron chi connectivity index (χ0n) is 14.2. The highest BCUT2D eigenvalue weighted by Crippen LogP contribution is 2.19. The topological polar surface area (TPSA) is 44.3 Å². The van der Waals surface area contributed by atoms with Crippen molar-refractivity contribution in [2.75, 3.05) is 42.9 Å². The van der Waals surface area contributed by atoms with Gasteiger partial charge in [-0.1, -0.05) is 24.6 Å². The van der Waals surface area contributed by atoms with Crippen LogP contribution in [0.15, 0.2) is 30.3 Å². The zero-order chi connectivity index (χ0) is 16.2. The average molecular weight is 311 g/mol. The van der Waals surface area contributed by atoms with Crippen LogP contribution >= 0.6 is 0 Å². The summed E-state index contributed by atoms with van der Waals surface area (Å²) in [5.74, 6) is 1.68. The van der Waals surface area contributed by atoms with Crippen molar-refractivity contribution in [1.82, 2.24) is 14.9 Å². The highest BCUT2D eigenvalue weighted by atomic mass is 15.3. The van der Waals surface area contributed by atoms with Crippen molar-refractivity contribution in [3.8, 4) is 0 Å². The molecule has 1 aliphatic heterocycles. The van der Waals surface area contributed by atoms with E-state index in [2.05, 4.69) is 58.2 Å². The lowest BCUT2D eigenvalue weighted by molar-refractivity contribution is 0.270. The van der Waals surface area contributed by atoms with E-state index in [4.69, 9.17) is 4.98 Å². The van der Waals surface area contributed by atoms with E-state index in [1.54, 1.807) is 0 Å². The molecule has 0 unspecified atom stereocenters. The Labute approximate surface area is 138 Å². The van der Waals surface area contributed by atoms with Crippen molar-refractivity contribution in [2.45, 2.75) is 20.8 Å². The van der Waals surface area contributed by atoms with E-state index in [-0.39, 0.29) is 0 Å². The van der Waals surface area contributed by atoms with Crippen LogP contribution in [0.1, 0.15) is 18.2 Å². The fraction of sp³-hybridized carbons (Fsp3) is 0.444. The van der Waals surface area contributed by atoms with Crippen LogP contribution in [0.25, 0.3) is 0 Å². The fourth-order valence-electron chi connectivity index (χ4n) is 2.81. The smallest absolute Gasteiger partial charge is 0.227 e. The third-order valence-electron chi connectivity index (χ3n) is 4.27. The Kier molecular flexibility index (Phi) is 4.76. The predicted octanol–water partition coefficient (Wildman–Crippen LogP) is 2.98. The maximum atomic E-state index is 4.71. The quantitative estimate of drug-likeness (QED) is 0.940. The van der Waals surface area contributed by atoms with Gasteiger partial charge in [0.25, 0.3) is 0 Å². The first-order chi connectivity index (χ1) is 11.1. The zero-order valence-corrected chi connectivity index (χ0v) is 14.2. The number of anilines is 3. The number of aromatic nitrogens is 2. The summed E-state index contributed by atoms with van der Waals surface area (Å²) in [4.78, 5) is 14.1. The number of nitrogens with zero attached hydrogens (tertiary/aromatic N) is 4. The SMILES string of the molecule is CCN1CCN(c2nc(C)cc(Nc3ccc(C)cc3)n2)CC1. The molecule has 1 aliphatic rings. The van der Waals surface area contributed by atoms with Gasteiger partial charge in [-0.25, -0.2) is 4.98 Å². The summed E-state index contributed by atoms with van der Waals surface area (Å²) >= 11 is 0. The Bertz CT molecular complexity index is 645. The van der Waals surface area contributed by atoms with Crippen molar-refractivity contribution in [3.63, 3.8) is 0 Å². The van der Waals surface area contributed by atoms with Gasteiger partial charge in [0.1, 0.15) is 5.82 Å². The Balaban J connectivity index is 1.75. The van der Waals surface area contributed by atoms with Crippen LogP contribution in [0, 0.1) is 13.8 Å². The summed E-state index contributed by atoms with van der Waals surface area (Å²) in [7, 11) is 0. The van der Waals surface area contributed by atoms with Crippen LogP contribution in [0.3, 0.4) is 0 Å². The molecule has 1 saturated heterocycles. The van der Waals surface area contributed by atoms with Gasteiger partial charge in [-0.3, -0.25) is 0 Å². The van der Waals surface area contributed by atoms with Crippen LogP contribution in [0.5, 0.6) is 0 Å². The monoisotopic (exact) mass is 311 g/mol. The molecule has 5 nitrogen and oxygen atoms in total. The van der Waals surface area contributed by atoms with Gasteiger partial charge in [0.15, 0.2) is 0 Å². The molecule has 0 atom stereocenters. The highest BCUT2D eigenvalue weighted by molar-refractivity contribution is 5.58. The molecule has 3 rings (SSSR count). The first-order valence-corrected chi connectivity index (χ1v) is 8.30. The number of nitrogens with one attached hydrogen (secondary N) is 1. The molecule has 0 saturated carbocycles. The van der Waals surface area contributed by atoms with E-state index in [0.29, 0.717) is 0 Å². The van der Waals surface area contributed by atoms with Crippen LogP contribution < -0.4 is 10.2 Å². The Hall–Kier alpha value is -2.14. The molecule has 0 amide bonds. The van der Waals surface area contributed by atoms with Crippen molar-refractivity contribution < 1.29 is 0 Å². The van der Waals surface area contributed by atoms with Gasteiger partial charge >= 0.3 is 0 Å². The summed E-state index contributed by atoms with van der Waals surface area (Å²) in [6.45, 7) is 11.6.